The summed E-state index contributed by atoms with van der Waals surface area (Å²) in [5, 5.41) is 3.34. The van der Waals surface area contributed by atoms with Gasteiger partial charge in [0.1, 0.15) is 5.82 Å². The number of amides is 1. The fourth-order valence-electron chi connectivity index (χ4n) is 1.32. The van der Waals surface area contributed by atoms with Crippen LogP contribution in [0.25, 0.3) is 0 Å². The number of aromatic nitrogens is 1. The lowest BCUT2D eigenvalue weighted by atomic mass is 10.2. The summed E-state index contributed by atoms with van der Waals surface area (Å²) in [4.78, 5) is 15.8. The van der Waals surface area contributed by atoms with Crippen molar-refractivity contribution in [1.82, 2.24) is 4.98 Å². The highest BCUT2D eigenvalue weighted by molar-refractivity contribution is 9.10. The minimum atomic E-state index is -0.259. The highest BCUT2D eigenvalue weighted by Gasteiger charge is 2.08. The Kier molecular flexibility index (Phi) is 3.84. The van der Waals surface area contributed by atoms with E-state index in [4.69, 9.17) is 17.3 Å². The van der Waals surface area contributed by atoms with Crippen LogP contribution in [0.3, 0.4) is 0 Å². The molecular weight excluding hydrogens is 318 g/mol. The molecule has 1 amide bonds. The maximum atomic E-state index is 11.9. The highest BCUT2D eigenvalue weighted by Crippen LogP contribution is 2.26. The van der Waals surface area contributed by atoms with Crippen LogP contribution in [0.1, 0.15) is 10.4 Å². The number of rotatable bonds is 2. The van der Waals surface area contributed by atoms with Crippen molar-refractivity contribution in [3.05, 3.63) is 51.6 Å². The van der Waals surface area contributed by atoms with Gasteiger partial charge in [-0.25, -0.2) is 4.98 Å². The molecule has 0 bridgehead atoms. The summed E-state index contributed by atoms with van der Waals surface area (Å²) < 4.78 is 0.715. The average Bonchev–Trinajstić information content (AvgIpc) is 2.33. The number of carbonyl (C=O) groups is 1. The zero-order valence-corrected chi connectivity index (χ0v) is 11.5. The van der Waals surface area contributed by atoms with Gasteiger partial charge in [0.05, 0.1) is 11.3 Å². The van der Waals surface area contributed by atoms with Crippen molar-refractivity contribution < 1.29 is 4.79 Å². The molecule has 0 atom stereocenters. The van der Waals surface area contributed by atoms with Crippen molar-refractivity contribution in [2.45, 2.75) is 0 Å². The minimum Gasteiger partial charge on any atom is -0.384 e. The second kappa shape index (κ2) is 5.37. The molecule has 0 spiro atoms. The topological polar surface area (TPSA) is 68.0 Å². The van der Waals surface area contributed by atoms with E-state index in [9.17, 15) is 4.79 Å². The highest BCUT2D eigenvalue weighted by atomic mass is 79.9. The molecule has 2 aromatic rings. The lowest BCUT2D eigenvalue weighted by Crippen LogP contribution is -2.12. The van der Waals surface area contributed by atoms with E-state index in [1.54, 1.807) is 30.3 Å². The molecule has 0 aliphatic rings. The van der Waals surface area contributed by atoms with Crippen LogP contribution < -0.4 is 11.1 Å². The van der Waals surface area contributed by atoms with E-state index < -0.39 is 0 Å². The van der Waals surface area contributed by atoms with Gasteiger partial charge < -0.3 is 11.1 Å². The number of carbonyl (C=O) groups excluding carboxylic acids is 1. The molecule has 0 aliphatic carbocycles. The number of benzene rings is 1. The SMILES string of the molecule is Nc1ccc(C(=O)Nc2ccc(Cl)cc2Br)cn1. The number of nitrogens with one attached hydrogen (secondary N) is 1. The molecule has 0 aliphatic heterocycles. The first-order chi connectivity index (χ1) is 8.56. The zero-order chi connectivity index (χ0) is 13.1. The summed E-state index contributed by atoms with van der Waals surface area (Å²) in [6, 6.07) is 8.31. The normalized spacial score (nSPS) is 10.1. The smallest absolute Gasteiger partial charge is 0.257 e. The van der Waals surface area contributed by atoms with E-state index in [0.29, 0.717) is 26.6 Å². The Hall–Kier alpha value is -1.59. The molecule has 0 radical (unpaired) electrons. The van der Waals surface area contributed by atoms with E-state index in [-0.39, 0.29) is 5.91 Å². The number of hydrogen-bond donors (Lipinski definition) is 2. The fraction of sp³-hybridized carbons (Fsp3) is 0. The van der Waals surface area contributed by atoms with Gasteiger partial charge in [0.2, 0.25) is 0 Å². The summed E-state index contributed by atoms with van der Waals surface area (Å²) in [6.07, 6.45) is 1.43. The van der Waals surface area contributed by atoms with Crippen molar-refractivity contribution >= 4 is 44.9 Å². The predicted octanol–water partition coefficient (Wildman–Crippen LogP) is 3.33. The van der Waals surface area contributed by atoms with E-state index in [1.807, 2.05) is 0 Å². The van der Waals surface area contributed by atoms with E-state index in [0.717, 1.165) is 0 Å². The maximum absolute atomic E-state index is 11.9. The summed E-state index contributed by atoms with van der Waals surface area (Å²) in [5.74, 6) is 0.116. The third kappa shape index (κ3) is 3.00. The number of pyridine rings is 1. The first-order valence-electron chi connectivity index (χ1n) is 5.04. The second-order valence-corrected chi connectivity index (χ2v) is 4.84. The van der Waals surface area contributed by atoms with Crippen LogP contribution in [-0.2, 0) is 0 Å². The van der Waals surface area contributed by atoms with Crippen LogP contribution in [0.5, 0.6) is 0 Å². The second-order valence-electron chi connectivity index (χ2n) is 3.55. The summed E-state index contributed by atoms with van der Waals surface area (Å²) in [7, 11) is 0. The molecule has 92 valence electrons. The van der Waals surface area contributed by atoms with Crippen LogP contribution in [0.2, 0.25) is 5.02 Å². The van der Waals surface area contributed by atoms with Gasteiger partial charge >= 0.3 is 0 Å². The van der Waals surface area contributed by atoms with E-state index in [1.165, 1.54) is 6.20 Å². The van der Waals surface area contributed by atoms with Gasteiger partial charge in [0.25, 0.3) is 5.91 Å². The molecule has 1 aromatic heterocycles. The van der Waals surface area contributed by atoms with Crippen molar-refractivity contribution in [2.24, 2.45) is 0 Å². The molecule has 0 fully saturated rings. The number of nitrogens with zero attached hydrogens (tertiary/aromatic N) is 1. The number of anilines is 2. The van der Waals surface area contributed by atoms with Gasteiger partial charge in [-0.2, -0.15) is 0 Å². The van der Waals surface area contributed by atoms with Crippen molar-refractivity contribution in [3.63, 3.8) is 0 Å². The molecule has 1 aromatic carbocycles. The summed E-state index contributed by atoms with van der Waals surface area (Å²) >= 11 is 9.15. The molecule has 18 heavy (non-hydrogen) atoms. The van der Waals surface area contributed by atoms with E-state index >= 15 is 0 Å². The van der Waals surface area contributed by atoms with Crippen LogP contribution in [0.15, 0.2) is 41.0 Å². The zero-order valence-electron chi connectivity index (χ0n) is 9.15. The molecule has 6 heteroatoms. The summed E-state index contributed by atoms with van der Waals surface area (Å²) in [5.41, 5.74) is 6.53. The van der Waals surface area contributed by atoms with Gasteiger partial charge in [-0.15, -0.1) is 0 Å². The molecule has 0 unspecified atom stereocenters. The Labute approximate surface area is 117 Å². The lowest BCUT2D eigenvalue weighted by molar-refractivity contribution is 0.102. The first kappa shape index (κ1) is 12.9. The predicted molar refractivity (Wildman–Crippen MR) is 75.8 cm³/mol. The van der Waals surface area contributed by atoms with Gasteiger partial charge in [-0.1, -0.05) is 11.6 Å². The standard InChI is InChI=1S/C12H9BrClN3O/c13-9-5-8(14)2-3-10(9)17-12(18)7-1-4-11(15)16-6-7/h1-6H,(H2,15,16)(H,17,18). The molecule has 1 heterocycles. The van der Waals surface area contributed by atoms with Crippen LogP contribution in [0, 0.1) is 0 Å². The largest absolute Gasteiger partial charge is 0.384 e. The van der Waals surface area contributed by atoms with E-state index in [2.05, 4.69) is 26.2 Å². The third-order valence-electron chi connectivity index (χ3n) is 2.23. The monoisotopic (exact) mass is 325 g/mol. The van der Waals surface area contributed by atoms with Crippen molar-refractivity contribution in [3.8, 4) is 0 Å². The molecule has 0 saturated heterocycles. The van der Waals surface area contributed by atoms with Crippen LogP contribution in [0.4, 0.5) is 11.5 Å². The van der Waals surface area contributed by atoms with Gasteiger partial charge in [0.15, 0.2) is 0 Å². The third-order valence-corrected chi connectivity index (χ3v) is 3.12. The Balaban J connectivity index is 2.18. The Morgan fingerprint density at radius 1 is 1.33 bits per heavy atom. The maximum Gasteiger partial charge on any atom is 0.257 e. The number of halogens is 2. The number of nitrogen functional groups attached to an aromatic ring is 1. The van der Waals surface area contributed by atoms with Gasteiger partial charge in [-0.3, -0.25) is 4.79 Å². The van der Waals surface area contributed by atoms with Crippen LogP contribution >= 0.6 is 27.5 Å². The molecule has 0 saturated carbocycles. The Bertz CT molecular complexity index is 586. The molecule has 2 rings (SSSR count). The van der Waals surface area contributed by atoms with Crippen LogP contribution in [-0.4, -0.2) is 10.9 Å². The Morgan fingerprint density at radius 3 is 2.72 bits per heavy atom. The molecular formula is C12H9BrClN3O. The number of hydrogen-bond acceptors (Lipinski definition) is 3. The minimum absolute atomic E-state index is 0.259. The summed E-state index contributed by atoms with van der Waals surface area (Å²) in [6.45, 7) is 0. The van der Waals surface area contributed by atoms with Crippen molar-refractivity contribution in [1.29, 1.82) is 0 Å². The first-order valence-corrected chi connectivity index (χ1v) is 6.21. The fourth-order valence-corrected chi connectivity index (χ4v) is 2.11. The van der Waals surface area contributed by atoms with Gasteiger partial charge in [-0.05, 0) is 46.3 Å². The Morgan fingerprint density at radius 2 is 2.11 bits per heavy atom. The number of nitrogens with two attached hydrogens (primary N) is 1. The molecule has 4 nitrogen and oxygen atoms in total. The average molecular weight is 327 g/mol. The van der Waals surface area contributed by atoms with Gasteiger partial charge in [0, 0.05) is 15.7 Å². The van der Waals surface area contributed by atoms with Crippen molar-refractivity contribution in [2.75, 3.05) is 11.1 Å². The lowest BCUT2D eigenvalue weighted by Gasteiger charge is -2.07. The molecule has 3 N–H and O–H groups in total. The quantitative estimate of drug-likeness (QED) is 0.889.